The Kier molecular flexibility index (Phi) is 5.23. The van der Waals surface area contributed by atoms with Gasteiger partial charge in [0.1, 0.15) is 0 Å². The zero-order chi connectivity index (χ0) is 17.1. The summed E-state index contributed by atoms with van der Waals surface area (Å²) in [5.74, 6) is 1.32. The van der Waals surface area contributed by atoms with Gasteiger partial charge in [-0.25, -0.2) is 0 Å². The van der Waals surface area contributed by atoms with E-state index in [0.717, 1.165) is 25.4 Å². The molecule has 1 saturated carbocycles. The van der Waals surface area contributed by atoms with Crippen LogP contribution < -0.4 is 4.74 Å². The molecule has 2 aliphatic rings. The fraction of sp³-hybridized carbons (Fsp3) is 0.588. The van der Waals surface area contributed by atoms with Crippen molar-refractivity contribution in [3.05, 3.63) is 33.3 Å². The van der Waals surface area contributed by atoms with Crippen LogP contribution in [0.4, 0.5) is 5.69 Å². The Bertz CT molecular complexity index is 637. The molecule has 1 heterocycles. The number of likely N-dealkylation sites (tertiary alicyclic amines) is 1. The number of amides is 1. The fourth-order valence-corrected chi connectivity index (χ4v) is 3.98. The van der Waals surface area contributed by atoms with Crippen molar-refractivity contribution in [3.63, 3.8) is 0 Å². The number of piperidine rings is 1. The Morgan fingerprint density at radius 2 is 2.04 bits per heavy atom. The molecule has 24 heavy (non-hydrogen) atoms. The van der Waals surface area contributed by atoms with Gasteiger partial charge in [-0.2, -0.15) is 0 Å². The summed E-state index contributed by atoms with van der Waals surface area (Å²) in [4.78, 5) is 24.7. The van der Waals surface area contributed by atoms with Crippen molar-refractivity contribution < 1.29 is 14.5 Å². The van der Waals surface area contributed by atoms with E-state index in [1.165, 1.54) is 43.9 Å². The minimum Gasteiger partial charge on any atom is -0.477 e. The van der Waals surface area contributed by atoms with Gasteiger partial charge in [-0.15, -0.1) is 0 Å². The zero-order valence-electron chi connectivity index (χ0n) is 13.4. The standard InChI is InChI=1S/C17H21ClN2O4/c18-14-5-6-16(15(9-14)20(22)23)24-11-17(21)19-8-7-12-3-1-2-4-13(12)10-19/h5-6,9,12-13H,1-4,7-8,10-11H2/t12-,13+/m0/s1. The topological polar surface area (TPSA) is 72.7 Å². The normalized spacial score (nSPS) is 23.5. The van der Waals surface area contributed by atoms with Crippen LogP contribution in [0.1, 0.15) is 32.1 Å². The molecule has 2 fully saturated rings. The number of carbonyl (C=O) groups excluding carboxylic acids is 1. The third-order valence-corrected chi connectivity index (χ3v) is 5.35. The highest BCUT2D eigenvalue weighted by Gasteiger charge is 2.33. The first-order chi connectivity index (χ1) is 11.5. The van der Waals surface area contributed by atoms with E-state index in [9.17, 15) is 14.9 Å². The number of rotatable bonds is 4. The molecule has 1 aromatic carbocycles. The fourth-order valence-electron chi connectivity index (χ4n) is 3.81. The molecule has 0 aromatic heterocycles. The van der Waals surface area contributed by atoms with Crippen LogP contribution in [-0.4, -0.2) is 35.4 Å². The molecule has 1 aliphatic heterocycles. The van der Waals surface area contributed by atoms with Crippen LogP contribution in [0, 0.1) is 22.0 Å². The van der Waals surface area contributed by atoms with Crippen molar-refractivity contribution in [2.24, 2.45) is 11.8 Å². The summed E-state index contributed by atoms with van der Waals surface area (Å²) >= 11 is 5.78. The molecule has 0 N–H and O–H groups in total. The second-order valence-electron chi connectivity index (χ2n) is 6.59. The molecular weight excluding hydrogens is 332 g/mol. The van der Waals surface area contributed by atoms with E-state index < -0.39 is 4.92 Å². The van der Waals surface area contributed by atoms with Crippen molar-refractivity contribution in [2.45, 2.75) is 32.1 Å². The van der Waals surface area contributed by atoms with Gasteiger partial charge in [-0.05, 0) is 36.8 Å². The molecule has 3 rings (SSSR count). The predicted molar refractivity (Wildman–Crippen MR) is 90.2 cm³/mol. The van der Waals surface area contributed by atoms with Crippen LogP contribution in [0.2, 0.25) is 5.02 Å². The van der Waals surface area contributed by atoms with Crippen LogP contribution in [0.15, 0.2) is 18.2 Å². The summed E-state index contributed by atoms with van der Waals surface area (Å²) in [6.45, 7) is 1.36. The number of benzene rings is 1. The highest BCUT2D eigenvalue weighted by molar-refractivity contribution is 6.30. The van der Waals surface area contributed by atoms with Crippen LogP contribution >= 0.6 is 11.6 Å². The maximum atomic E-state index is 12.4. The van der Waals surface area contributed by atoms with E-state index in [1.54, 1.807) is 0 Å². The minimum absolute atomic E-state index is 0.0744. The second-order valence-corrected chi connectivity index (χ2v) is 7.03. The number of nitro groups is 1. The van der Waals surface area contributed by atoms with Crippen molar-refractivity contribution >= 4 is 23.2 Å². The number of halogens is 1. The quantitative estimate of drug-likeness (QED) is 0.612. The lowest BCUT2D eigenvalue weighted by Crippen LogP contribution is -2.46. The summed E-state index contributed by atoms with van der Waals surface area (Å²) < 4.78 is 5.41. The van der Waals surface area contributed by atoms with E-state index in [2.05, 4.69) is 0 Å². The zero-order valence-corrected chi connectivity index (χ0v) is 14.2. The number of nitrogens with zero attached hydrogens (tertiary/aromatic N) is 2. The largest absolute Gasteiger partial charge is 0.477 e. The van der Waals surface area contributed by atoms with E-state index in [4.69, 9.17) is 16.3 Å². The number of hydrogen-bond donors (Lipinski definition) is 0. The van der Waals surface area contributed by atoms with E-state index in [0.29, 0.717) is 5.92 Å². The van der Waals surface area contributed by atoms with Crippen molar-refractivity contribution in [2.75, 3.05) is 19.7 Å². The van der Waals surface area contributed by atoms with Gasteiger partial charge in [0.25, 0.3) is 5.91 Å². The van der Waals surface area contributed by atoms with Gasteiger partial charge in [-0.3, -0.25) is 14.9 Å². The smallest absolute Gasteiger partial charge is 0.312 e. The first kappa shape index (κ1) is 17.0. The average molecular weight is 353 g/mol. The summed E-state index contributed by atoms with van der Waals surface area (Å²) in [5.41, 5.74) is -0.221. The number of fused-ring (bicyclic) bond motifs is 1. The molecule has 0 bridgehead atoms. The van der Waals surface area contributed by atoms with Crippen LogP contribution in [-0.2, 0) is 4.79 Å². The molecule has 2 atom stereocenters. The summed E-state index contributed by atoms with van der Waals surface area (Å²) in [5, 5.41) is 11.3. The molecule has 0 spiro atoms. The lowest BCUT2D eigenvalue weighted by molar-refractivity contribution is -0.385. The van der Waals surface area contributed by atoms with Crippen LogP contribution in [0.25, 0.3) is 0 Å². The Labute approximate surface area is 145 Å². The molecular formula is C17H21ClN2O4. The Morgan fingerprint density at radius 3 is 2.79 bits per heavy atom. The van der Waals surface area contributed by atoms with E-state index in [1.807, 2.05) is 4.90 Å². The number of carbonyl (C=O) groups is 1. The van der Waals surface area contributed by atoms with Crippen molar-refractivity contribution in [1.82, 2.24) is 4.90 Å². The minimum atomic E-state index is -0.556. The van der Waals surface area contributed by atoms with Gasteiger partial charge in [-0.1, -0.05) is 30.9 Å². The molecule has 1 amide bonds. The van der Waals surface area contributed by atoms with Crippen LogP contribution in [0.5, 0.6) is 5.75 Å². The van der Waals surface area contributed by atoms with Gasteiger partial charge in [0.15, 0.2) is 12.4 Å². The lowest BCUT2D eigenvalue weighted by Gasteiger charge is -2.41. The maximum Gasteiger partial charge on any atom is 0.312 e. The number of ether oxygens (including phenoxy) is 1. The second kappa shape index (κ2) is 7.38. The number of nitro benzene ring substituents is 1. The van der Waals surface area contributed by atoms with Crippen LogP contribution in [0.3, 0.4) is 0 Å². The van der Waals surface area contributed by atoms with E-state index >= 15 is 0 Å². The van der Waals surface area contributed by atoms with Gasteiger partial charge in [0.2, 0.25) is 0 Å². The summed E-state index contributed by atoms with van der Waals surface area (Å²) in [6.07, 6.45) is 6.07. The highest BCUT2D eigenvalue weighted by Crippen LogP contribution is 2.36. The molecule has 6 nitrogen and oxygen atoms in total. The molecule has 1 aromatic rings. The third-order valence-electron chi connectivity index (χ3n) is 5.11. The van der Waals surface area contributed by atoms with Gasteiger partial charge in [0, 0.05) is 24.2 Å². The predicted octanol–water partition coefficient (Wildman–Crippen LogP) is 3.67. The molecule has 7 heteroatoms. The van der Waals surface area contributed by atoms with Gasteiger partial charge in [0.05, 0.1) is 4.92 Å². The molecule has 0 unspecified atom stereocenters. The third kappa shape index (κ3) is 3.80. The highest BCUT2D eigenvalue weighted by atomic mass is 35.5. The first-order valence-corrected chi connectivity index (χ1v) is 8.77. The van der Waals surface area contributed by atoms with Crippen molar-refractivity contribution in [3.8, 4) is 5.75 Å². The lowest BCUT2D eigenvalue weighted by atomic mass is 9.75. The van der Waals surface area contributed by atoms with Gasteiger partial charge < -0.3 is 9.64 Å². The SMILES string of the molecule is O=C(COc1ccc(Cl)cc1[N+](=O)[O-])N1CC[C@@H]2CCCC[C@@H]2C1. The Hall–Kier alpha value is -1.82. The number of hydrogen-bond acceptors (Lipinski definition) is 4. The molecule has 1 saturated heterocycles. The Morgan fingerprint density at radius 1 is 1.29 bits per heavy atom. The molecule has 130 valence electrons. The monoisotopic (exact) mass is 352 g/mol. The molecule has 0 radical (unpaired) electrons. The van der Waals surface area contributed by atoms with Crippen molar-refractivity contribution in [1.29, 1.82) is 0 Å². The maximum absolute atomic E-state index is 12.4. The average Bonchev–Trinajstić information content (AvgIpc) is 2.59. The first-order valence-electron chi connectivity index (χ1n) is 8.39. The molecule has 1 aliphatic carbocycles. The summed E-state index contributed by atoms with van der Waals surface area (Å²) in [7, 11) is 0. The van der Waals surface area contributed by atoms with Gasteiger partial charge >= 0.3 is 5.69 Å². The summed E-state index contributed by atoms with van der Waals surface area (Å²) in [6, 6.07) is 4.18. The Balaban J connectivity index is 1.59. The van der Waals surface area contributed by atoms with E-state index in [-0.39, 0.29) is 29.0 Å².